The number of benzene rings is 1. The number of carbonyl (C=O) groups is 1. The van der Waals surface area contributed by atoms with E-state index in [0.29, 0.717) is 11.8 Å². The van der Waals surface area contributed by atoms with E-state index in [1.807, 2.05) is 18.4 Å². The number of halogens is 3. The molecule has 18 heavy (non-hydrogen) atoms. The van der Waals surface area contributed by atoms with Gasteiger partial charge in [-0.05, 0) is 36.1 Å². The van der Waals surface area contributed by atoms with Crippen molar-refractivity contribution in [1.29, 1.82) is 0 Å². The highest BCUT2D eigenvalue weighted by Crippen LogP contribution is 2.34. The van der Waals surface area contributed by atoms with Crippen LogP contribution in [-0.2, 0) is 6.18 Å². The summed E-state index contributed by atoms with van der Waals surface area (Å²) in [6, 6.07) is 5.08. The van der Waals surface area contributed by atoms with Gasteiger partial charge in [0.1, 0.15) is 0 Å². The van der Waals surface area contributed by atoms with Gasteiger partial charge in [0.15, 0.2) is 6.29 Å². The zero-order chi connectivity index (χ0) is 13.3. The van der Waals surface area contributed by atoms with Crippen LogP contribution in [0.25, 0.3) is 10.4 Å². The molecule has 1 aromatic heterocycles. The Morgan fingerprint density at radius 3 is 2.44 bits per heavy atom. The largest absolute Gasteiger partial charge is 0.416 e. The zero-order valence-corrected chi connectivity index (χ0v) is 10.2. The highest BCUT2D eigenvalue weighted by Gasteiger charge is 2.31. The summed E-state index contributed by atoms with van der Waals surface area (Å²) in [5.41, 5.74) is 0.816. The topological polar surface area (TPSA) is 17.1 Å². The van der Waals surface area contributed by atoms with Crippen LogP contribution in [-0.4, -0.2) is 6.29 Å². The van der Waals surface area contributed by atoms with E-state index >= 15 is 0 Å². The van der Waals surface area contributed by atoms with Crippen molar-refractivity contribution in [3.63, 3.8) is 0 Å². The molecule has 0 N–H and O–H groups in total. The van der Waals surface area contributed by atoms with E-state index in [2.05, 4.69) is 0 Å². The summed E-state index contributed by atoms with van der Waals surface area (Å²) >= 11 is 1.41. The van der Waals surface area contributed by atoms with Crippen LogP contribution in [0.3, 0.4) is 0 Å². The molecule has 0 aliphatic heterocycles. The van der Waals surface area contributed by atoms with Crippen molar-refractivity contribution in [2.75, 3.05) is 0 Å². The lowest BCUT2D eigenvalue weighted by Crippen LogP contribution is -2.05. The molecule has 2 aromatic rings. The number of aryl methyl sites for hydroxylation is 1. The molecule has 0 saturated carbocycles. The first-order valence-electron chi connectivity index (χ1n) is 5.14. The first kappa shape index (κ1) is 12.8. The molecular formula is C13H9F3OS. The van der Waals surface area contributed by atoms with Gasteiger partial charge in [0.25, 0.3) is 0 Å². The number of hydrogen-bond acceptors (Lipinski definition) is 2. The Morgan fingerprint density at radius 1 is 1.22 bits per heavy atom. The molecule has 0 aliphatic carbocycles. The minimum absolute atomic E-state index is 0.0617. The predicted molar refractivity (Wildman–Crippen MR) is 64.9 cm³/mol. The molecule has 0 radical (unpaired) electrons. The van der Waals surface area contributed by atoms with Crippen molar-refractivity contribution in [3.05, 3.63) is 46.3 Å². The summed E-state index contributed by atoms with van der Waals surface area (Å²) < 4.78 is 37.6. The third-order valence-corrected chi connectivity index (χ3v) is 3.58. The van der Waals surface area contributed by atoms with E-state index < -0.39 is 11.7 Å². The SMILES string of the molecule is Cc1csc(-c2ccc(C(F)(F)F)cc2C=O)c1. The second kappa shape index (κ2) is 4.57. The summed E-state index contributed by atoms with van der Waals surface area (Å²) in [7, 11) is 0. The molecule has 0 amide bonds. The van der Waals surface area contributed by atoms with Crippen LogP contribution in [0.15, 0.2) is 29.6 Å². The Bertz CT molecular complexity index is 584. The van der Waals surface area contributed by atoms with Crippen LogP contribution in [0.5, 0.6) is 0 Å². The number of thiophene rings is 1. The van der Waals surface area contributed by atoms with E-state index in [1.165, 1.54) is 17.4 Å². The first-order valence-corrected chi connectivity index (χ1v) is 6.01. The minimum atomic E-state index is -4.43. The van der Waals surface area contributed by atoms with E-state index in [9.17, 15) is 18.0 Å². The van der Waals surface area contributed by atoms with Crippen molar-refractivity contribution in [2.45, 2.75) is 13.1 Å². The van der Waals surface area contributed by atoms with Crippen molar-refractivity contribution < 1.29 is 18.0 Å². The molecule has 5 heteroatoms. The lowest BCUT2D eigenvalue weighted by Gasteiger charge is -2.09. The van der Waals surface area contributed by atoms with E-state index in [4.69, 9.17) is 0 Å². The summed E-state index contributed by atoms with van der Waals surface area (Å²) in [6.07, 6.45) is -3.97. The molecule has 94 valence electrons. The first-order chi connectivity index (χ1) is 8.41. The zero-order valence-electron chi connectivity index (χ0n) is 9.41. The van der Waals surface area contributed by atoms with Crippen LogP contribution < -0.4 is 0 Å². The Labute approximate surface area is 106 Å². The standard InChI is InChI=1S/C13H9F3OS/c1-8-4-12(18-7-8)11-3-2-10(13(14,15)16)5-9(11)6-17/h2-7H,1H3. The lowest BCUT2D eigenvalue weighted by atomic mass is 10.0. The van der Waals surface area contributed by atoms with Crippen LogP contribution in [0.4, 0.5) is 13.2 Å². The molecule has 0 unspecified atom stereocenters. The fourth-order valence-corrected chi connectivity index (χ4v) is 2.58. The fraction of sp³-hybridized carbons (Fsp3) is 0.154. The van der Waals surface area contributed by atoms with E-state index in [1.54, 1.807) is 0 Å². The van der Waals surface area contributed by atoms with Gasteiger partial charge in [-0.3, -0.25) is 4.79 Å². The average molecular weight is 270 g/mol. The summed E-state index contributed by atoms with van der Waals surface area (Å²) in [4.78, 5) is 11.7. The molecular weight excluding hydrogens is 261 g/mol. The predicted octanol–water partition coefficient (Wildman–Crippen LogP) is 4.55. The molecule has 0 aliphatic rings. The molecule has 0 bridgehead atoms. The van der Waals surface area contributed by atoms with Crippen molar-refractivity contribution >= 4 is 17.6 Å². The van der Waals surface area contributed by atoms with Crippen molar-refractivity contribution in [2.24, 2.45) is 0 Å². The summed E-state index contributed by atoms with van der Waals surface area (Å²) in [6.45, 7) is 1.89. The van der Waals surface area contributed by atoms with Crippen molar-refractivity contribution in [3.8, 4) is 10.4 Å². The Morgan fingerprint density at radius 2 is 1.94 bits per heavy atom. The fourth-order valence-electron chi connectivity index (χ4n) is 1.63. The molecule has 0 saturated heterocycles. The summed E-state index contributed by atoms with van der Waals surface area (Å²) in [5, 5.41) is 1.89. The Hall–Kier alpha value is -1.62. The molecule has 2 rings (SSSR count). The smallest absolute Gasteiger partial charge is 0.298 e. The summed E-state index contributed by atoms with van der Waals surface area (Å²) in [5.74, 6) is 0. The highest BCUT2D eigenvalue weighted by atomic mass is 32.1. The number of alkyl halides is 3. The van der Waals surface area contributed by atoms with Gasteiger partial charge in [0.05, 0.1) is 5.56 Å². The molecule has 1 heterocycles. The van der Waals surface area contributed by atoms with Gasteiger partial charge in [-0.2, -0.15) is 13.2 Å². The van der Waals surface area contributed by atoms with Gasteiger partial charge in [0.2, 0.25) is 0 Å². The Balaban J connectivity index is 2.54. The number of carbonyl (C=O) groups excluding carboxylic acids is 1. The van der Waals surface area contributed by atoms with Gasteiger partial charge in [-0.15, -0.1) is 11.3 Å². The Kier molecular flexibility index (Phi) is 3.26. The maximum Gasteiger partial charge on any atom is 0.416 e. The monoisotopic (exact) mass is 270 g/mol. The van der Waals surface area contributed by atoms with Gasteiger partial charge in [0, 0.05) is 16.0 Å². The van der Waals surface area contributed by atoms with Crippen LogP contribution in [0.2, 0.25) is 0 Å². The number of rotatable bonds is 2. The molecule has 0 fully saturated rings. The quantitative estimate of drug-likeness (QED) is 0.731. The van der Waals surface area contributed by atoms with Gasteiger partial charge in [-0.25, -0.2) is 0 Å². The third-order valence-electron chi connectivity index (χ3n) is 2.50. The van der Waals surface area contributed by atoms with Gasteiger partial charge >= 0.3 is 6.18 Å². The highest BCUT2D eigenvalue weighted by molar-refractivity contribution is 7.13. The van der Waals surface area contributed by atoms with Crippen molar-refractivity contribution in [1.82, 2.24) is 0 Å². The van der Waals surface area contributed by atoms with Crippen LogP contribution >= 0.6 is 11.3 Å². The second-order valence-electron chi connectivity index (χ2n) is 3.91. The maximum atomic E-state index is 12.5. The van der Waals surface area contributed by atoms with E-state index in [0.717, 1.165) is 22.6 Å². The van der Waals surface area contributed by atoms with Gasteiger partial charge < -0.3 is 0 Å². The molecule has 1 nitrogen and oxygen atoms in total. The van der Waals surface area contributed by atoms with Crippen LogP contribution in [0.1, 0.15) is 21.5 Å². The maximum absolute atomic E-state index is 12.5. The molecule has 0 spiro atoms. The normalized spacial score (nSPS) is 11.6. The van der Waals surface area contributed by atoms with E-state index in [-0.39, 0.29) is 5.56 Å². The number of hydrogen-bond donors (Lipinski definition) is 0. The van der Waals surface area contributed by atoms with Gasteiger partial charge in [-0.1, -0.05) is 6.07 Å². The lowest BCUT2D eigenvalue weighted by molar-refractivity contribution is -0.137. The molecule has 1 aromatic carbocycles. The molecule has 0 atom stereocenters. The van der Waals surface area contributed by atoms with Crippen LogP contribution in [0, 0.1) is 6.92 Å². The third kappa shape index (κ3) is 2.46. The minimum Gasteiger partial charge on any atom is -0.298 e. The average Bonchev–Trinajstić information content (AvgIpc) is 2.73. The number of aldehydes is 1. The second-order valence-corrected chi connectivity index (χ2v) is 4.82.